The second-order valence-electron chi connectivity index (χ2n) is 2.55. The molecule has 0 saturated carbocycles. The van der Waals surface area contributed by atoms with Gasteiger partial charge in [0.2, 0.25) is 5.91 Å². The Morgan fingerprint density at radius 2 is 2.07 bits per heavy atom. The summed E-state index contributed by atoms with van der Waals surface area (Å²) in [7, 11) is 0. The van der Waals surface area contributed by atoms with E-state index in [1.807, 2.05) is 0 Å². The van der Waals surface area contributed by atoms with E-state index in [2.05, 4.69) is 17.5 Å². The monoisotopic (exact) mass is 213 g/mol. The molecule has 0 atom stereocenters. The molecule has 1 rings (SSSR count). The number of amides is 1. The van der Waals surface area contributed by atoms with Crippen LogP contribution < -0.4 is 16.8 Å². The lowest BCUT2D eigenvalue weighted by Gasteiger charge is -2.05. The Morgan fingerprint density at radius 3 is 2.57 bits per heavy atom. The normalized spacial score (nSPS) is 9.50. The smallest absolute Gasteiger partial charge is 0.248 e. The first-order chi connectivity index (χ1) is 6.50. The zero-order valence-electron chi connectivity index (χ0n) is 7.08. The zero-order valence-corrected chi connectivity index (χ0v) is 7.90. The second-order valence-corrected chi connectivity index (χ2v) is 2.99. The number of nitrogens with one attached hydrogen (secondary N) is 1. The van der Waals surface area contributed by atoms with Crippen LogP contribution in [0.2, 0.25) is 0 Å². The molecule has 4 nitrogen and oxygen atoms in total. The number of anilines is 1. The van der Waals surface area contributed by atoms with Gasteiger partial charge in [0, 0.05) is 5.56 Å². The molecule has 0 radical (unpaired) electrons. The number of halogens is 1. The van der Waals surface area contributed by atoms with Gasteiger partial charge in [0.25, 0.3) is 0 Å². The van der Waals surface area contributed by atoms with Gasteiger partial charge >= 0.3 is 0 Å². The minimum absolute atomic E-state index is 0.0359. The molecule has 74 valence electrons. The van der Waals surface area contributed by atoms with Crippen LogP contribution in [0.15, 0.2) is 18.2 Å². The van der Waals surface area contributed by atoms with Crippen molar-refractivity contribution >= 4 is 28.9 Å². The van der Waals surface area contributed by atoms with Crippen molar-refractivity contribution in [3.63, 3.8) is 0 Å². The van der Waals surface area contributed by atoms with Crippen molar-refractivity contribution in [2.24, 2.45) is 11.5 Å². The first kappa shape index (κ1) is 10.4. The van der Waals surface area contributed by atoms with Crippen molar-refractivity contribution in [2.45, 2.75) is 0 Å². The Kier molecular flexibility index (Phi) is 2.98. The summed E-state index contributed by atoms with van der Waals surface area (Å²) >= 11 is 4.53. The van der Waals surface area contributed by atoms with Gasteiger partial charge in [-0.3, -0.25) is 4.79 Å². The number of carbonyl (C=O) groups is 1. The SMILES string of the molecule is NC(=O)c1ccc(F)c(NC(N)=S)c1. The van der Waals surface area contributed by atoms with Crippen molar-refractivity contribution in [2.75, 3.05) is 5.32 Å². The lowest BCUT2D eigenvalue weighted by molar-refractivity contribution is 0.100. The average Bonchev–Trinajstić information content (AvgIpc) is 2.07. The molecule has 0 bridgehead atoms. The molecule has 0 aliphatic rings. The van der Waals surface area contributed by atoms with Crippen molar-refractivity contribution in [1.82, 2.24) is 0 Å². The van der Waals surface area contributed by atoms with Gasteiger partial charge in [0.15, 0.2) is 5.11 Å². The molecule has 14 heavy (non-hydrogen) atoms. The van der Waals surface area contributed by atoms with E-state index in [-0.39, 0.29) is 16.4 Å². The first-order valence-electron chi connectivity index (χ1n) is 3.66. The molecule has 0 spiro atoms. The Balaban J connectivity index is 3.08. The summed E-state index contributed by atoms with van der Waals surface area (Å²) in [5, 5.41) is 2.32. The summed E-state index contributed by atoms with van der Waals surface area (Å²) < 4.78 is 13.1. The van der Waals surface area contributed by atoms with E-state index in [4.69, 9.17) is 11.5 Å². The molecule has 5 N–H and O–H groups in total. The number of hydrogen-bond acceptors (Lipinski definition) is 2. The van der Waals surface area contributed by atoms with E-state index >= 15 is 0 Å². The fourth-order valence-electron chi connectivity index (χ4n) is 0.907. The number of thiocarbonyl (C=S) groups is 1. The quantitative estimate of drug-likeness (QED) is 0.628. The molecular formula is C8H8FN3OS. The van der Waals surface area contributed by atoms with Crippen LogP contribution in [-0.2, 0) is 0 Å². The molecule has 0 aromatic heterocycles. The summed E-state index contributed by atoms with van der Waals surface area (Å²) in [5.41, 5.74) is 10.4. The van der Waals surface area contributed by atoms with Gasteiger partial charge in [0.05, 0.1) is 5.69 Å². The van der Waals surface area contributed by atoms with Gasteiger partial charge in [-0.1, -0.05) is 0 Å². The maximum Gasteiger partial charge on any atom is 0.248 e. The summed E-state index contributed by atoms with van der Waals surface area (Å²) in [6, 6.07) is 3.64. The average molecular weight is 213 g/mol. The lowest BCUT2D eigenvalue weighted by Crippen LogP contribution is -2.20. The molecule has 0 aliphatic heterocycles. The Labute approximate surface area is 85.1 Å². The molecule has 0 saturated heterocycles. The highest BCUT2D eigenvalue weighted by molar-refractivity contribution is 7.80. The number of hydrogen-bond donors (Lipinski definition) is 3. The van der Waals surface area contributed by atoms with Gasteiger partial charge in [-0.2, -0.15) is 0 Å². The number of primary amides is 1. The van der Waals surface area contributed by atoms with E-state index in [0.29, 0.717) is 0 Å². The van der Waals surface area contributed by atoms with Gasteiger partial charge in [-0.15, -0.1) is 0 Å². The van der Waals surface area contributed by atoms with Crippen LogP contribution >= 0.6 is 12.2 Å². The van der Waals surface area contributed by atoms with Gasteiger partial charge in [0.1, 0.15) is 5.82 Å². The van der Waals surface area contributed by atoms with Crippen LogP contribution in [0.4, 0.5) is 10.1 Å². The van der Waals surface area contributed by atoms with Gasteiger partial charge in [-0.05, 0) is 30.4 Å². The lowest BCUT2D eigenvalue weighted by atomic mass is 10.2. The van der Waals surface area contributed by atoms with E-state index in [0.717, 1.165) is 6.07 Å². The number of carbonyl (C=O) groups excluding carboxylic acids is 1. The Morgan fingerprint density at radius 1 is 1.43 bits per heavy atom. The molecule has 0 unspecified atom stereocenters. The molecule has 1 aromatic rings. The highest BCUT2D eigenvalue weighted by atomic mass is 32.1. The molecule has 6 heteroatoms. The van der Waals surface area contributed by atoms with Crippen molar-refractivity contribution in [3.8, 4) is 0 Å². The molecule has 1 aromatic carbocycles. The summed E-state index contributed by atoms with van der Waals surface area (Å²) in [6.07, 6.45) is 0. The van der Waals surface area contributed by atoms with Gasteiger partial charge in [-0.25, -0.2) is 4.39 Å². The molecule has 0 fully saturated rings. The largest absolute Gasteiger partial charge is 0.376 e. The third-order valence-electron chi connectivity index (χ3n) is 1.51. The fourth-order valence-corrected chi connectivity index (χ4v) is 1.02. The number of benzene rings is 1. The number of rotatable bonds is 2. The minimum atomic E-state index is -0.643. The molecule has 0 aliphatic carbocycles. The topological polar surface area (TPSA) is 81.1 Å². The van der Waals surface area contributed by atoms with E-state index in [1.54, 1.807) is 0 Å². The fraction of sp³-hybridized carbons (Fsp3) is 0. The van der Waals surface area contributed by atoms with Crippen LogP contribution in [-0.4, -0.2) is 11.0 Å². The maximum absolute atomic E-state index is 13.1. The molecular weight excluding hydrogens is 205 g/mol. The molecule has 1 amide bonds. The van der Waals surface area contributed by atoms with Crippen molar-refractivity contribution in [3.05, 3.63) is 29.6 Å². The first-order valence-corrected chi connectivity index (χ1v) is 4.07. The van der Waals surface area contributed by atoms with E-state index in [1.165, 1.54) is 12.1 Å². The second kappa shape index (κ2) is 4.01. The summed E-state index contributed by atoms with van der Waals surface area (Å²) in [5.74, 6) is -1.20. The van der Waals surface area contributed by atoms with Crippen LogP contribution in [0, 0.1) is 5.82 Å². The highest BCUT2D eigenvalue weighted by Gasteiger charge is 2.06. The standard InChI is InChI=1S/C8H8FN3OS/c9-5-2-1-4(7(10)13)3-6(5)12-8(11)14/h1-3H,(H2,10,13)(H3,11,12,14). The van der Waals surface area contributed by atoms with Crippen LogP contribution in [0.3, 0.4) is 0 Å². The van der Waals surface area contributed by atoms with E-state index in [9.17, 15) is 9.18 Å². The van der Waals surface area contributed by atoms with Crippen LogP contribution in [0.5, 0.6) is 0 Å². The van der Waals surface area contributed by atoms with Crippen LogP contribution in [0.1, 0.15) is 10.4 Å². The zero-order chi connectivity index (χ0) is 10.7. The summed E-state index contributed by atoms with van der Waals surface area (Å²) in [4.78, 5) is 10.8. The van der Waals surface area contributed by atoms with Gasteiger partial charge < -0.3 is 16.8 Å². The molecule has 0 heterocycles. The third kappa shape index (κ3) is 2.40. The predicted octanol–water partition coefficient (Wildman–Crippen LogP) is 0.580. The van der Waals surface area contributed by atoms with Crippen molar-refractivity contribution < 1.29 is 9.18 Å². The third-order valence-corrected chi connectivity index (χ3v) is 1.61. The van der Waals surface area contributed by atoms with E-state index < -0.39 is 11.7 Å². The minimum Gasteiger partial charge on any atom is -0.376 e. The maximum atomic E-state index is 13.1. The highest BCUT2D eigenvalue weighted by Crippen LogP contribution is 2.15. The predicted molar refractivity (Wildman–Crippen MR) is 55.3 cm³/mol. The number of nitrogens with two attached hydrogens (primary N) is 2. The summed E-state index contributed by atoms with van der Waals surface area (Å²) in [6.45, 7) is 0. The van der Waals surface area contributed by atoms with Crippen LogP contribution in [0.25, 0.3) is 0 Å². The van der Waals surface area contributed by atoms with Crippen molar-refractivity contribution in [1.29, 1.82) is 0 Å². The Bertz CT molecular complexity index is 394. The Hall–Kier alpha value is -1.69.